The van der Waals surface area contributed by atoms with Crippen LogP contribution in [0.4, 0.5) is 0 Å². The molecular formula is C34H65N3O. The molecule has 4 nitrogen and oxygen atoms in total. The third kappa shape index (κ3) is 11.3. The molecule has 2 rings (SSSR count). The minimum absolute atomic E-state index is 0.102. The second-order valence-electron chi connectivity index (χ2n) is 15.5. The first-order valence-corrected chi connectivity index (χ1v) is 16.1. The lowest BCUT2D eigenvalue weighted by molar-refractivity contribution is -0.118. The van der Waals surface area contributed by atoms with Crippen molar-refractivity contribution in [2.45, 2.75) is 175 Å². The second kappa shape index (κ2) is 14.2. The quantitative estimate of drug-likeness (QED) is 0.156. The molecule has 0 saturated carbocycles. The molecule has 4 heteroatoms. The molecule has 1 amide bonds. The van der Waals surface area contributed by atoms with Gasteiger partial charge in [0.25, 0.3) is 0 Å². The van der Waals surface area contributed by atoms with Crippen LogP contribution in [0.5, 0.6) is 0 Å². The largest absolute Gasteiger partial charge is 0.352 e. The molecule has 222 valence electrons. The molecule has 1 unspecified atom stereocenters. The zero-order valence-corrected chi connectivity index (χ0v) is 27.1. The zero-order chi connectivity index (χ0) is 28.6. The van der Waals surface area contributed by atoms with Gasteiger partial charge in [0, 0.05) is 34.3 Å². The fourth-order valence-electron chi connectivity index (χ4n) is 8.41. The topological polar surface area (TPSA) is 53.2 Å². The molecule has 0 aliphatic carbocycles. The highest BCUT2D eigenvalue weighted by Crippen LogP contribution is 2.41. The Bertz CT molecular complexity index is 732. The lowest BCUT2D eigenvalue weighted by atomic mass is 9.67. The number of unbranched alkanes of at least 4 members (excludes halogenated alkanes) is 5. The van der Waals surface area contributed by atoms with Gasteiger partial charge < -0.3 is 16.0 Å². The number of piperidine rings is 2. The third-order valence-corrected chi connectivity index (χ3v) is 8.98. The molecule has 2 aliphatic rings. The van der Waals surface area contributed by atoms with E-state index in [1.54, 1.807) is 0 Å². The van der Waals surface area contributed by atoms with E-state index in [9.17, 15) is 4.79 Å². The van der Waals surface area contributed by atoms with E-state index < -0.39 is 0 Å². The Morgan fingerprint density at radius 2 is 1.32 bits per heavy atom. The summed E-state index contributed by atoms with van der Waals surface area (Å²) >= 11 is 0. The third-order valence-electron chi connectivity index (χ3n) is 8.98. The van der Waals surface area contributed by atoms with Crippen LogP contribution in [0.25, 0.3) is 0 Å². The van der Waals surface area contributed by atoms with Crippen molar-refractivity contribution < 1.29 is 4.79 Å². The van der Waals surface area contributed by atoms with E-state index in [2.05, 4.69) is 91.3 Å². The standard InChI is InChI=1S/C34H65N3O/c1-11-13-16-20-29(27-24-33(7,8)37-34(9,10)25-27)28(12-2)30(38)35-21-18-15-14-17-19-26-22-31(3,4)36-32(5,6)23-26/h12,26-27,29,36-37H,11,13-25H2,1-10H3,(H,35,38)/b28-12+. The smallest absolute Gasteiger partial charge is 0.247 e. The monoisotopic (exact) mass is 532 g/mol. The molecule has 3 N–H and O–H groups in total. The molecule has 1 atom stereocenters. The predicted octanol–water partition coefficient (Wildman–Crippen LogP) is 8.31. The van der Waals surface area contributed by atoms with E-state index in [0.717, 1.165) is 43.7 Å². The van der Waals surface area contributed by atoms with Crippen molar-refractivity contribution in [3.8, 4) is 0 Å². The van der Waals surface area contributed by atoms with E-state index in [1.807, 2.05) is 0 Å². The van der Waals surface area contributed by atoms with E-state index in [4.69, 9.17) is 0 Å². The van der Waals surface area contributed by atoms with Crippen LogP contribution in [-0.4, -0.2) is 34.6 Å². The molecule has 38 heavy (non-hydrogen) atoms. The highest BCUT2D eigenvalue weighted by molar-refractivity contribution is 5.93. The molecule has 2 aliphatic heterocycles. The highest BCUT2D eigenvalue weighted by Gasteiger charge is 2.42. The van der Waals surface area contributed by atoms with Gasteiger partial charge in [-0.25, -0.2) is 0 Å². The number of nitrogens with one attached hydrogen (secondary N) is 3. The van der Waals surface area contributed by atoms with Crippen molar-refractivity contribution in [3.05, 3.63) is 11.6 Å². The van der Waals surface area contributed by atoms with Crippen molar-refractivity contribution in [1.29, 1.82) is 0 Å². The van der Waals surface area contributed by atoms with Crippen LogP contribution in [-0.2, 0) is 4.79 Å². The lowest BCUT2D eigenvalue weighted by Gasteiger charge is -2.49. The van der Waals surface area contributed by atoms with Crippen LogP contribution in [0, 0.1) is 17.8 Å². The molecule has 0 spiro atoms. The van der Waals surface area contributed by atoms with Gasteiger partial charge in [-0.1, -0.05) is 57.9 Å². The zero-order valence-electron chi connectivity index (χ0n) is 27.1. The van der Waals surface area contributed by atoms with Crippen LogP contribution in [0.1, 0.15) is 153 Å². The lowest BCUT2D eigenvalue weighted by Crippen LogP contribution is -2.59. The molecule has 0 aromatic heterocycles. The summed E-state index contributed by atoms with van der Waals surface area (Å²) in [7, 11) is 0. The van der Waals surface area contributed by atoms with Crippen molar-refractivity contribution in [1.82, 2.24) is 16.0 Å². The average Bonchev–Trinajstić information content (AvgIpc) is 2.73. The van der Waals surface area contributed by atoms with Gasteiger partial charge >= 0.3 is 0 Å². The molecule has 0 bridgehead atoms. The fraction of sp³-hybridized carbons (Fsp3) is 0.912. The maximum atomic E-state index is 13.4. The summed E-state index contributed by atoms with van der Waals surface area (Å²) in [6, 6.07) is 0. The summed E-state index contributed by atoms with van der Waals surface area (Å²) in [6.07, 6.45) is 18.0. The Balaban J connectivity index is 1.83. The molecule has 0 aromatic rings. The van der Waals surface area contributed by atoms with Crippen molar-refractivity contribution in [2.75, 3.05) is 6.54 Å². The molecule has 2 saturated heterocycles. The summed E-state index contributed by atoms with van der Waals surface area (Å²) in [4.78, 5) is 13.4. The first-order chi connectivity index (χ1) is 17.6. The van der Waals surface area contributed by atoms with E-state index in [-0.39, 0.29) is 28.1 Å². The Hall–Kier alpha value is -0.870. The van der Waals surface area contributed by atoms with Gasteiger partial charge in [0.1, 0.15) is 0 Å². The number of carbonyl (C=O) groups is 1. The maximum Gasteiger partial charge on any atom is 0.247 e. The van der Waals surface area contributed by atoms with Crippen LogP contribution in [0.2, 0.25) is 0 Å². The van der Waals surface area contributed by atoms with Crippen LogP contribution >= 0.6 is 0 Å². The molecular weight excluding hydrogens is 466 g/mol. The maximum absolute atomic E-state index is 13.4. The Morgan fingerprint density at radius 1 is 0.789 bits per heavy atom. The van der Waals surface area contributed by atoms with Crippen molar-refractivity contribution in [3.63, 3.8) is 0 Å². The van der Waals surface area contributed by atoms with Gasteiger partial charge in [-0.05, 0) is 119 Å². The molecule has 0 aromatic carbocycles. The number of amides is 1. The van der Waals surface area contributed by atoms with Gasteiger partial charge in [-0.2, -0.15) is 0 Å². The summed E-state index contributed by atoms with van der Waals surface area (Å²) < 4.78 is 0. The van der Waals surface area contributed by atoms with Gasteiger partial charge in [-0.15, -0.1) is 0 Å². The molecule has 2 fully saturated rings. The number of hydrogen-bond acceptors (Lipinski definition) is 3. The Kier molecular flexibility index (Phi) is 12.4. The van der Waals surface area contributed by atoms with E-state index in [0.29, 0.717) is 11.8 Å². The van der Waals surface area contributed by atoms with Gasteiger partial charge in [0.05, 0.1) is 0 Å². The number of rotatable bonds is 14. The first kappa shape index (κ1) is 33.3. The van der Waals surface area contributed by atoms with Crippen molar-refractivity contribution >= 4 is 5.91 Å². The number of carbonyl (C=O) groups excluding carboxylic acids is 1. The van der Waals surface area contributed by atoms with Crippen LogP contribution < -0.4 is 16.0 Å². The highest BCUT2D eigenvalue weighted by atomic mass is 16.1. The average molecular weight is 532 g/mol. The van der Waals surface area contributed by atoms with Crippen molar-refractivity contribution in [2.24, 2.45) is 17.8 Å². The number of allylic oxidation sites excluding steroid dienone is 1. The van der Waals surface area contributed by atoms with Gasteiger partial charge in [-0.3, -0.25) is 4.79 Å². The Labute approximate surface area is 237 Å². The summed E-state index contributed by atoms with van der Waals surface area (Å²) in [5.41, 5.74) is 1.73. The van der Waals surface area contributed by atoms with Crippen LogP contribution in [0.15, 0.2) is 11.6 Å². The minimum Gasteiger partial charge on any atom is -0.352 e. The van der Waals surface area contributed by atoms with Gasteiger partial charge in [0.15, 0.2) is 0 Å². The SMILES string of the molecule is C/C=C(/C(=O)NCCCCCCC1CC(C)(C)NC(C)(C)C1)C(CCCCC)C1CC(C)(C)NC(C)(C)C1. The fourth-order valence-corrected chi connectivity index (χ4v) is 8.41. The molecule has 2 heterocycles. The normalized spacial score (nSPS) is 24.2. The minimum atomic E-state index is 0.102. The summed E-state index contributed by atoms with van der Waals surface area (Å²) in [5.74, 6) is 1.90. The van der Waals surface area contributed by atoms with Gasteiger partial charge in [0.2, 0.25) is 5.91 Å². The second-order valence-corrected chi connectivity index (χ2v) is 15.5. The molecule has 0 radical (unpaired) electrons. The van der Waals surface area contributed by atoms with E-state index >= 15 is 0 Å². The Morgan fingerprint density at radius 3 is 1.84 bits per heavy atom. The first-order valence-electron chi connectivity index (χ1n) is 16.1. The summed E-state index contributed by atoms with van der Waals surface area (Å²) in [5, 5.41) is 11.0. The summed E-state index contributed by atoms with van der Waals surface area (Å²) in [6.45, 7) is 23.8. The van der Waals surface area contributed by atoms with E-state index in [1.165, 1.54) is 57.8 Å². The number of hydrogen-bond donors (Lipinski definition) is 3. The predicted molar refractivity (Wildman–Crippen MR) is 166 cm³/mol. The van der Waals surface area contributed by atoms with Crippen LogP contribution in [0.3, 0.4) is 0 Å².